The van der Waals surface area contributed by atoms with Gasteiger partial charge in [-0.25, -0.2) is 9.59 Å². The molecule has 1 heterocycles. The van der Waals surface area contributed by atoms with Crippen LogP contribution in [0.15, 0.2) is 41.6 Å². The first-order valence-corrected chi connectivity index (χ1v) is 23.3. The molecule has 0 aliphatic rings. The number of esters is 2. The maximum atomic E-state index is 12.8. The van der Waals surface area contributed by atoms with Gasteiger partial charge >= 0.3 is 24.1 Å². The highest BCUT2D eigenvalue weighted by molar-refractivity contribution is 7.98. The molecule has 0 radical (unpaired) electrons. The Balaban J connectivity index is 0.000000991. The number of carbonyl (C=O) groups is 3. The van der Waals surface area contributed by atoms with Gasteiger partial charge in [0.1, 0.15) is 24.7 Å². The number of nitrogens with one attached hydrogen (secondary N) is 3. The number of nitrogens with zero attached hydrogens (tertiary/aromatic N) is 4. The molecule has 26 heteroatoms. The Kier molecular flexibility index (Phi) is 24.8. The number of thioether (sulfide) groups is 1. The Hall–Kier alpha value is -4.45. The fourth-order valence-corrected chi connectivity index (χ4v) is 4.67. The number of aromatic nitrogens is 3. The maximum Gasteiger partial charge on any atom is 0.416 e. The van der Waals surface area contributed by atoms with Crippen molar-refractivity contribution in [3.63, 3.8) is 0 Å². The van der Waals surface area contributed by atoms with Gasteiger partial charge in [-0.2, -0.15) is 28.1 Å². The fraction of sp³-hybridized carbons (Fsp3) is 0.486. The van der Waals surface area contributed by atoms with E-state index in [1.165, 1.54) is 18.7 Å². The summed E-state index contributed by atoms with van der Waals surface area (Å²) in [6.45, 7) is 11.4. The van der Waals surface area contributed by atoms with Crippen LogP contribution in [0.1, 0.15) is 57.5 Å². The van der Waals surface area contributed by atoms with Crippen molar-refractivity contribution in [2.45, 2.75) is 64.5 Å². The number of alkyl halides is 3. The monoisotopic (exact) mass is 947 g/mol. The predicted octanol–water partition coefficient (Wildman–Crippen LogP) is 6.06. The van der Waals surface area contributed by atoms with E-state index < -0.39 is 72.4 Å². The maximum absolute atomic E-state index is 12.8. The number of hydrogen-bond acceptors (Lipinski definition) is 17. The number of rotatable bonds is 15. The van der Waals surface area contributed by atoms with Gasteiger partial charge in [0.15, 0.2) is 11.3 Å². The van der Waals surface area contributed by atoms with Crippen molar-refractivity contribution >= 4 is 77.3 Å². The molecule has 3 aromatic rings. The fourth-order valence-electron chi connectivity index (χ4n) is 3.70. The topological polar surface area (TPSA) is 277 Å². The molecular weight excluding hydrogens is 898 g/mol. The highest BCUT2D eigenvalue weighted by atomic mass is 35.5. The molecule has 3 rings (SSSR count). The number of halogens is 4. The van der Waals surface area contributed by atoms with Crippen LogP contribution in [0.3, 0.4) is 0 Å². The van der Waals surface area contributed by atoms with Crippen molar-refractivity contribution in [3.05, 3.63) is 62.7 Å². The van der Waals surface area contributed by atoms with E-state index in [2.05, 4.69) is 65.1 Å². The molecule has 0 aliphatic carbocycles. The molecule has 5 N–H and O–H groups in total. The van der Waals surface area contributed by atoms with Crippen molar-refractivity contribution in [2.75, 3.05) is 61.6 Å². The van der Waals surface area contributed by atoms with E-state index in [0.29, 0.717) is 28.9 Å². The Morgan fingerprint density at radius 2 is 1.64 bits per heavy atom. The summed E-state index contributed by atoms with van der Waals surface area (Å²) in [5.41, 5.74) is -2.22. The number of ether oxygens (including phenoxy) is 3. The van der Waals surface area contributed by atoms with E-state index in [0.717, 1.165) is 42.0 Å². The van der Waals surface area contributed by atoms with Gasteiger partial charge in [0.05, 0.1) is 53.7 Å². The third-order valence-electron chi connectivity index (χ3n) is 5.98. The van der Waals surface area contributed by atoms with E-state index in [-0.39, 0.29) is 28.7 Å². The van der Waals surface area contributed by atoms with Gasteiger partial charge in [-0.05, 0) is 83.0 Å². The molecule has 19 nitrogen and oxygen atoms in total. The summed E-state index contributed by atoms with van der Waals surface area (Å²) in [5, 5.41) is 27.9. The number of nitro groups is 1. The number of carbonyl (C=O) groups excluding carboxylic acids is 2. The van der Waals surface area contributed by atoms with Crippen LogP contribution >= 0.6 is 31.0 Å². The van der Waals surface area contributed by atoms with E-state index in [1.54, 1.807) is 6.92 Å². The lowest BCUT2D eigenvalue weighted by Gasteiger charge is -2.20. The molecule has 2 aromatic carbocycles. The molecule has 0 saturated heterocycles. The number of anilines is 2. The van der Waals surface area contributed by atoms with Crippen molar-refractivity contribution in [1.29, 1.82) is 0 Å². The summed E-state index contributed by atoms with van der Waals surface area (Å²) in [5.74, 6) is -2.30. The zero-order valence-corrected chi connectivity index (χ0v) is 38.2. The molecule has 0 saturated carbocycles. The molecular formula is C35H50ClF3N7O12PS2. The smallest absolute Gasteiger partial charge is 0.416 e. The van der Waals surface area contributed by atoms with Gasteiger partial charge in [-0.1, -0.05) is 23.4 Å². The van der Waals surface area contributed by atoms with Crippen LogP contribution in [0.2, 0.25) is 5.02 Å². The molecule has 0 fully saturated rings. The van der Waals surface area contributed by atoms with Gasteiger partial charge in [-0.15, -0.1) is 0 Å². The number of carboxylic acids is 1. The highest BCUT2D eigenvalue weighted by Gasteiger charge is 2.31. The normalized spacial score (nSPS) is 12.3. The number of hydrogen-bond donors (Lipinski definition) is 5. The molecule has 0 aliphatic heterocycles. The van der Waals surface area contributed by atoms with E-state index in [4.69, 9.17) is 35.8 Å². The predicted molar refractivity (Wildman–Crippen MR) is 226 cm³/mol. The van der Waals surface area contributed by atoms with Crippen molar-refractivity contribution in [3.8, 4) is 11.5 Å². The minimum atomic E-state index is -4.61. The van der Waals surface area contributed by atoms with Gasteiger partial charge in [0.2, 0.25) is 11.9 Å². The van der Waals surface area contributed by atoms with Crippen LogP contribution in [0.4, 0.5) is 30.8 Å². The first kappa shape index (κ1) is 56.5. The van der Waals surface area contributed by atoms with Gasteiger partial charge in [0, 0.05) is 24.2 Å². The number of carboxylic acid groups (broad SMARTS) is 1. The average molecular weight is 948 g/mol. The standard InChI is InChI=1S/C19H15ClF3NO7.C10H19N5S.C3H8NO5P.C3H9S/c1-3-29-17(25)10(2)30-18(26)13-9-12(5-6-15(13)24(27)28)31-16-7-4-11(8-14(16)20)19(21,22)23;1-6-11-7-12-8(15-10(2,3)4)14-9(13-7)16-5;5-3(6)1-4-2-10(7,8)9;1-4(2)3/h4-10H,3H2,1-2H3;6H2,1-5H3,(H2,11,12,13,14,15);4H,1-2H2,(H,5,6)(H2,7,8,9);1-3H3/q;;;+1/p-1. The second-order valence-electron chi connectivity index (χ2n) is 13.2. The lowest BCUT2D eigenvalue weighted by molar-refractivity contribution is -0.385. The summed E-state index contributed by atoms with van der Waals surface area (Å²) in [7, 11) is -3.71. The SMILES string of the molecule is CCNc1nc(NC(C)(C)C)nc(SC)n1.CCOC(=O)C(C)OC(=O)c1cc(Oc2ccc(C(F)(F)F)cc2Cl)ccc1[N+](=O)[O-].C[S+](C)C.O=C(O)CNCP(=O)([O-])O. The zero-order chi connectivity index (χ0) is 47.3. The van der Waals surface area contributed by atoms with Crippen LogP contribution in [0.25, 0.3) is 0 Å². The summed E-state index contributed by atoms with van der Waals surface area (Å²) >= 11 is 7.33. The number of aliphatic carboxylic acids is 1. The second kappa shape index (κ2) is 26.8. The van der Waals surface area contributed by atoms with Crippen molar-refractivity contribution < 1.29 is 66.1 Å². The van der Waals surface area contributed by atoms with Crippen LogP contribution < -0.4 is 25.6 Å². The molecule has 61 heavy (non-hydrogen) atoms. The first-order valence-electron chi connectivity index (χ1n) is 17.5. The second-order valence-corrected chi connectivity index (χ2v) is 18.4. The van der Waals surface area contributed by atoms with E-state index in [1.807, 2.05) is 18.5 Å². The Labute approximate surface area is 363 Å². The molecule has 0 spiro atoms. The Bertz CT molecular complexity index is 1960. The highest BCUT2D eigenvalue weighted by Crippen LogP contribution is 2.37. The van der Waals surface area contributed by atoms with Crippen LogP contribution in [0.5, 0.6) is 11.5 Å². The van der Waals surface area contributed by atoms with E-state index >= 15 is 0 Å². The van der Waals surface area contributed by atoms with E-state index in [9.17, 15) is 47.1 Å². The van der Waals surface area contributed by atoms with Crippen LogP contribution in [0, 0.1) is 10.1 Å². The largest absolute Gasteiger partial charge is 0.778 e. The molecule has 342 valence electrons. The van der Waals surface area contributed by atoms with Crippen LogP contribution in [-0.4, -0.2) is 110 Å². The average Bonchev–Trinajstić information content (AvgIpc) is 3.11. The van der Waals surface area contributed by atoms with Crippen molar-refractivity contribution in [1.82, 2.24) is 20.3 Å². The molecule has 2 unspecified atom stereocenters. The Morgan fingerprint density at radius 1 is 1.05 bits per heavy atom. The third-order valence-corrected chi connectivity index (χ3v) is 7.45. The van der Waals surface area contributed by atoms with Crippen molar-refractivity contribution in [2.24, 2.45) is 0 Å². The van der Waals surface area contributed by atoms with Gasteiger partial charge in [0.25, 0.3) is 5.69 Å². The summed E-state index contributed by atoms with van der Waals surface area (Å²) in [4.78, 5) is 75.0. The minimum absolute atomic E-state index is 0.0398. The quantitative estimate of drug-likeness (QED) is 0.0289. The zero-order valence-electron chi connectivity index (χ0n) is 34.9. The first-order chi connectivity index (χ1) is 28.0. The lowest BCUT2D eigenvalue weighted by atomic mass is 10.1. The summed E-state index contributed by atoms with van der Waals surface area (Å²) in [6.07, 6.45) is 1.88. The molecule has 0 bridgehead atoms. The Morgan fingerprint density at radius 3 is 2.10 bits per heavy atom. The third kappa shape index (κ3) is 25.2. The minimum Gasteiger partial charge on any atom is -0.778 e. The number of benzene rings is 2. The molecule has 0 amide bonds. The van der Waals surface area contributed by atoms with Gasteiger partial charge in [-0.3, -0.25) is 20.2 Å². The molecule has 2 atom stereocenters. The molecule has 1 aromatic heterocycles. The summed E-state index contributed by atoms with van der Waals surface area (Å²) < 4.78 is 63.2. The van der Waals surface area contributed by atoms with Crippen LogP contribution in [-0.2, 0) is 40.7 Å². The summed E-state index contributed by atoms with van der Waals surface area (Å²) in [6, 6.07) is 5.37. The number of nitro benzene ring substituents is 1. The lowest BCUT2D eigenvalue weighted by Crippen LogP contribution is -2.27. The van der Waals surface area contributed by atoms with Gasteiger partial charge < -0.3 is 44.3 Å².